The molecule has 0 spiro atoms. The van der Waals surface area contributed by atoms with Crippen molar-refractivity contribution in [3.8, 4) is 0 Å². The summed E-state index contributed by atoms with van der Waals surface area (Å²) in [5, 5.41) is 11.2. The molecule has 0 aromatic heterocycles. The molecule has 1 aliphatic heterocycles. The number of nitro groups is 1. The quantitative estimate of drug-likeness (QED) is 0.177. The Morgan fingerprint density at radius 2 is 1.71 bits per heavy atom. The summed E-state index contributed by atoms with van der Waals surface area (Å²) in [6.07, 6.45) is 6.47. The average Bonchev–Trinajstić information content (AvgIpc) is 3.02. The summed E-state index contributed by atoms with van der Waals surface area (Å²) in [5.74, 6) is 0.00335. The first-order valence-corrected chi connectivity index (χ1v) is 12.0. The van der Waals surface area contributed by atoms with Gasteiger partial charge in [-0.05, 0) is 64.1 Å². The van der Waals surface area contributed by atoms with Crippen LogP contribution in [0, 0.1) is 13.7 Å². The fourth-order valence-corrected chi connectivity index (χ4v) is 4.73. The monoisotopic (exact) mass is 566 g/mol. The first-order chi connectivity index (χ1) is 16.3. The minimum Gasteiger partial charge on any atom is -0.276 e. The summed E-state index contributed by atoms with van der Waals surface area (Å²) in [6, 6.07) is 24.2. The predicted octanol–water partition coefficient (Wildman–Crippen LogP) is 5.25. The van der Waals surface area contributed by atoms with Crippen LogP contribution in [0.15, 0.2) is 84.9 Å². The molecule has 1 fully saturated rings. The van der Waals surface area contributed by atoms with E-state index in [4.69, 9.17) is 0 Å². The summed E-state index contributed by atoms with van der Waals surface area (Å²) in [5.41, 5.74) is 2.16. The lowest BCUT2D eigenvalue weighted by Crippen LogP contribution is -2.43. The highest BCUT2D eigenvalue weighted by Gasteiger charge is 2.58. The van der Waals surface area contributed by atoms with Crippen LogP contribution in [0.4, 0.5) is 5.69 Å². The normalized spacial score (nSPS) is 21.5. The molecule has 1 heterocycles. The van der Waals surface area contributed by atoms with Crippen molar-refractivity contribution in [3.63, 3.8) is 0 Å². The van der Waals surface area contributed by atoms with Crippen molar-refractivity contribution in [2.24, 2.45) is 0 Å². The lowest BCUT2D eigenvalue weighted by molar-refractivity contribution is -0.629. The van der Waals surface area contributed by atoms with Gasteiger partial charge in [0.2, 0.25) is 6.04 Å². The van der Waals surface area contributed by atoms with Gasteiger partial charge >= 0.3 is 0 Å². The van der Waals surface area contributed by atoms with Crippen molar-refractivity contribution in [2.75, 3.05) is 7.05 Å². The van der Waals surface area contributed by atoms with Crippen LogP contribution in [0.5, 0.6) is 0 Å². The molecule has 2 atom stereocenters. The molecule has 1 amide bonds. The van der Waals surface area contributed by atoms with Crippen molar-refractivity contribution in [3.05, 3.63) is 115 Å². The Labute approximate surface area is 212 Å². The number of non-ortho nitro benzene ring substituents is 1. The highest BCUT2D eigenvalue weighted by Crippen LogP contribution is 2.37. The van der Waals surface area contributed by atoms with Gasteiger partial charge in [-0.2, -0.15) is 4.58 Å². The molecule has 0 bridgehead atoms. The predicted molar refractivity (Wildman–Crippen MR) is 142 cm³/mol. The van der Waals surface area contributed by atoms with Crippen LogP contribution in [0.25, 0.3) is 6.08 Å². The second-order valence-corrected chi connectivity index (χ2v) is 9.64. The molecular weight excluding hydrogens is 541 g/mol. The van der Waals surface area contributed by atoms with E-state index in [0.717, 1.165) is 16.7 Å². The molecule has 34 heavy (non-hydrogen) atoms. The number of benzene rings is 3. The number of nitro benzene ring substituents is 1. The number of allylic oxidation sites excluding steroid dienone is 1. The van der Waals surface area contributed by atoms with E-state index in [1.807, 2.05) is 79.9 Å². The van der Waals surface area contributed by atoms with Gasteiger partial charge in [0.15, 0.2) is 6.21 Å². The fraction of sp³-hybridized carbons (Fsp3) is 0.185. The number of halogens is 1. The molecule has 0 radical (unpaired) electrons. The van der Waals surface area contributed by atoms with Gasteiger partial charge in [-0.15, -0.1) is 0 Å². The number of nitrogens with zero attached hydrogens (tertiary/aromatic N) is 3. The first-order valence-electron chi connectivity index (χ1n) is 10.9. The molecule has 0 N–H and O–H groups in total. The molecule has 3 aromatic carbocycles. The third kappa shape index (κ3) is 4.65. The highest BCUT2D eigenvalue weighted by molar-refractivity contribution is 14.1. The summed E-state index contributed by atoms with van der Waals surface area (Å²) in [7, 11) is 1.79. The number of carbonyl (C=O) groups is 1. The zero-order chi connectivity index (χ0) is 24.3. The van der Waals surface area contributed by atoms with E-state index in [1.165, 1.54) is 15.7 Å². The van der Waals surface area contributed by atoms with Gasteiger partial charge in [-0.1, -0.05) is 42.5 Å². The van der Waals surface area contributed by atoms with Crippen LogP contribution in [-0.4, -0.2) is 39.6 Å². The van der Waals surface area contributed by atoms with Crippen LogP contribution < -0.4 is 0 Å². The smallest absolute Gasteiger partial charge is 0.276 e. The number of carbonyl (C=O) groups excluding carboxylic acids is 1. The molecule has 0 aliphatic carbocycles. The average molecular weight is 566 g/mol. The Hall–Kier alpha value is -3.33. The zero-order valence-corrected chi connectivity index (χ0v) is 21.1. The second-order valence-electron chi connectivity index (χ2n) is 8.39. The van der Waals surface area contributed by atoms with Gasteiger partial charge in [0, 0.05) is 47.7 Å². The lowest BCUT2D eigenvalue weighted by atomic mass is 9.99. The number of rotatable bonds is 6. The van der Waals surface area contributed by atoms with Crippen molar-refractivity contribution in [2.45, 2.75) is 25.0 Å². The fourth-order valence-electron chi connectivity index (χ4n) is 4.37. The van der Waals surface area contributed by atoms with E-state index < -0.39 is 16.6 Å². The second kappa shape index (κ2) is 9.89. The summed E-state index contributed by atoms with van der Waals surface area (Å²) in [6.45, 7) is 1.98. The molecule has 6 nitrogen and oxygen atoms in total. The van der Waals surface area contributed by atoms with Gasteiger partial charge in [0.25, 0.3) is 17.3 Å². The molecule has 4 rings (SSSR count). The van der Waals surface area contributed by atoms with Crippen LogP contribution in [0.2, 0.25) is 0 Å². The van der Waals surface area contributed by atoms with E-state index in [2.05, 4.69) is 27.2 Å². The van der Waals surface area contributed by atoms with Gasteiger partial charge in [0.1, 0.15) is 0 Å². The van der Waals surface area contributed by atoms with Gasteiger partial charge in [-0.3, -0.25) is 19.8 Å². The Morgan fingerprint density at radius 3 is 2.32 bits per heavy atom. The summed E-state index contributed by atoms with van der Waals surface area (Å²) >= 11 is 2.27. The molecular formula is C27H25IN3O3+. The van der Waals surface area contributed by atoms with Crippen LogP contribution in [-0.2, 0) is 16.9 Å². The maximum atomic E-state index is 13.5. The molecule has 0 unspecified atom stereocenters. The van der Waals surface area contributed by atoms with Crippen molar-refractivity contribution >= 4 is 46.5 Å². The van der Waals surface area contributed by atoms with Gasteiger partial charge in [0.05, 0.1) is 4.92 Å². The minimum atomic E-state index is -0.804. The first kappa shape index (κ1) is 23.8. The van der Waals surface area contributed by atoms with Gasteiger partial charge in [-0.25, -0.2) is 0 Å². The Kier molecular flexibility index (Phi) is 6.92. The van der Waals surface area contributed by atoms with Crippen molar-refractivity contribution in [1.82, 2.24) is 4.90 Å². The van der Waals surface area contributed by atoms with E-state index in [9.17, 15) is 14.9 Å². The molecule has 1 saturated heterocycles. The topological polar surface area (TPSA) is 66.5 Å². The van der Waals surface area contributed by atoms with E-state index in [-0.39, 0.29) is 11.6 Å². The Balaban J connectivity index is 1.77. The number of likely N-dealkylation sites (N-methyl/N-ethyl adjacent to an activating group) is 1. The largest absolute Gasteiger partial charge is 0.296 e. The SMILES string of the molecule is CN1C(=O)[C@H](Cc2ccccc2)/[N+](=C\C=C\c2ccc(I)cc2)[C@@]1(C)c1ccc([N+](=O)[O-])cc1. The maximum absolute atomic E-state index is 13.5. The number of hydrogen-bond donors (Lipinski definition) is 0. The van der Waals surface area contributed by atoms with E-state index >= 15 is 0 Å². The Bertz CT molecular complexity index is 1250. The van der Waals surface area contributed by atoms with Gasteiger partial charge < -0.3 is 0 Å². The zero-order valence-electron chi connectivity index (χ0n) is 19.0. The van der Waals surface area contributed by atoms with Crippen LogP contribution >= 0.6 is 22.6 Å². The van der Waals surface area contributed by atoms with Crippen LogP contribution in [0.1, 0.15) is 23.6 Å². The van der Waals surface area contributed by atoms with Crippen molar-refractivity contribution < 1.29 is 14.3 Å². The summed E-state index contributed by atoms with van der Waals surface area (Å²) < 4.78 is 3.23. The molecule has 0 saturated carbocycles. The Morgan fingerprint density at radius 1 is 1.06 bits per heavy atom. The highest BCUT2D eigenvalue weighted by atomic mass is 127. The molecule has 172 valence electrons. The van der Waals surface area contributed by atoms with Crippen LogP contribution in [0.3, 0.4) is 0 Å². The third-order valence-electron chi connectivity index (χ3n) is 6.41. The lowest BCUT2D eigenvalue weighted by Gasteiger charge is -2.27. The van der Waals surface area contributed by atoms with E-state index in [1.54, 1.807) is 24.1 Å². The standard InChI is InChI=1S/C27H25IN3O3/c1-27(22-12-16-24(17-13-22)31(33)34)29(2)26(32)25(19-21-7-4-3-5-8-21)30(27)18-6-9-20-10-14-23(28)15-11-20/h3-18,25H,19H2,1-2H3/q+1/b9-6+,30-18+/t25-,27-/m0/s1. The molecule has 7 heteroatoms. The number of hydrogen-bond acceptors (Lipinski definition) is 3. The minimum absolute atomic E-state index is 0.00335. The van der Waals surface area contributed by atoms with Crippen molar-refractivity contribution in [1.29, 1.82) is 0 Å². The summed E-state index contributed by atoms with van der Waals surface area (Å²) in [4.78, 5) is 26.0. The third-order valence-corrected chi connectivity index (χ3v) is 7.13. The van der Waals surface area contributed by atoms with E-state index in [0.29, 0.717) is 6.42 Å². The molecule has 3 aromatic rings. The molecule has 1 aliphatic rings. The maximum Gasteiger partial charge on any atom is 0.296 e. The number of amides is 1.